The smallest absolute Gasteiger partial charge is 0.227 e. The Kier molecular flexibility index (Phi) is 4.65. The molecule has 2 aromatic carbocycles. The van der Waals surface area contributed by atoms with Crippen molar-refractivity contribution in [3.8, 4) is 0 Å². The maximum Gasteiger partial charge on any atom is 0.227 e. The lowest BCUT2D eigenvalue weighted by atomic mass is 10.1. The van der Waals surface area contributed by atoms with Gasteiger partial charge in [-0.25, -0.2) is 8.78 Å². The van der Waals surface area contributed by atoms with Gasteiger partial charge in [0.25, 0.3) is 0 Å². The summed E-state index contributed by atoms with van der Waals surface area (Å²) in [4.78, 5) is 11.9. The normalized spacial score (nSPS) is 12.0. The molecule has 110 valence electrons. The van der Waals surface area contributed by atoms with E-state index in [1.807, 2.05) is 0 Å². The van der Waals surface area contributed by atoms with E-state index < -0.39 is 23.6 Å². The summed E-state index contributed by atoms with van der Waals surface area (Å²) < 4.78 is 26.2. The van der Waals surface area contributed by atoms with Crippen LogP contribution in [0.5, 0.6) is 0 Å². The molecule has 0 saturated heterocycles. The molecule has 0 fully saturated rings. The molecule has 5 heteroatoms. The molecule has 0 saturated carbocycles. The molecule has 0 bridgehead atoms. The number of nitrogens with one attached hydrogen (secondary N) is 1. The maximum atomic E-state index is 13.1. The van der Waals surface area contributed by atoms with Crippen molar-refractivity contribution >= 4 is 11.6 Å². The highest BCUT2D eigenvalue weighted by Crippen LogP contribution is 2.20. The van der Waals surface area contributed by atoms with E-state index in [2.05, 4.69) is 5.32 Å². The Bertz CT molecular complexity index is 658. The second kappa shape index (κ2) is 6.45. The molecule has 1 atom stereocenters. The van der Waals surface area contributed by atoms with E-state index >= 15 is 0 Å². The van der Waals surface area contributed by atoms with Gasteiger partial charge in [-0.1, -0.05) is 18.2 Å². The standard InChI is InChI=1S/C16H15F2NO2/c1-10-5-6-13(18)8-14(10)19-16(21)9-15(20)11-3-2-4-12(17)7-11/h2-8,15,20H,9H2,1H3,(H,19,21). The Morgan fingerprint density at radius 3 is 2.62 bits per heavy atom. The van der Waals surface area contributed by atoms with Crippen LogP contribution in [0.3, 0.4) is 0 Å². The van der Waals surface area contributed by atoms with E-state index in [4.69, 9.17) is 0 Å². The van der Waals surface area contributed by atoms with Crippen molar-refractivity contribution in [2.24, 2.45) is 0 Å². The van der Waals surface area contributed by atoms with E-state index in [1.165, 1.54) is 36.4 Å². The van der Waals surface area contributed by atoms with Crippen molar-refractivity contribution in [2.45, 2.75) is 19.4 Å². The zero-order valence-corrected chi connectivity index (χ0v) is 11.4. The Morgan fingerprint density at radius 1 is 1.19 bits per heavy atom. The molecular weight excluding hydrogens is 276 g/mol. The van der Waals surface area contributed by atoms with E-state index in [0.29, 0.717) is 16.8 Å². The van der Waals surface area contributed by atoms with Gasteiger partial charge in [-0.05, 0) is 42.3 Å². The average Bonchev–Trinajstić information content (AvgIpc) is 2.42. The second-order valence-corrected chi connectivity index (χ2v) is 4.78. The minimum atomic E-state index is -1.12. The lowest BCUT2D eigenvalue weighted by Gasteiger charge is -2.12. The summed E-state index contributed by atoms with van der Waals surface area (Å²) in [6, 6.07) is 9.48. The van der Waals surface area contributed by atoms with Crippen LogP contribution >= 0.6 is 0 Å². The highest BCUT2D eigenvalue weighted by atomic mass is 19.1. The highest BCUT2D eigenvalue weighted by molar-refractivity contribution is 5.91. The molecule has 2 aromatic rings. The van der Waals surface area contributed by atoms with Crippen LogP contribution in [0, 0.1) is 18.6 Å². The Hall–Kier alpha value is -2.27. The van der Waals surface area contributed by atoms with Crippen molar-refractivity contribution in [3.63, 3.8) is 0 Å². The lowest BCUT2D eigenvalue weighted by Crippen LogP contribution is -2.16. The van der Waals surface area contributed by atoms with Gasteiger partial charge in [0, 0.05) is 5.69 Å². The summed E-state index contributed by atoms with van der Waals surface area (Å²) in [6.07, 6.45) is -1.35. The second-order valence-electron chi connectivity index (χ2n) is 4.78. The fraction of sp³-hybridized carbons (Fsp3) is 0.188. The van der Waals surface area contributed by atoms with Crippen molar-refractivity contribution in [1.29, 1.82) is 0 Å². The molecular formula is C16H15F2NO2. The minimum Gasteiger partial charge on any atom is -0.388 e. The fourth-order valence-corrected chi connectivity index (χ4v) is 1.94. The van der Waals surface area contributed by atoms with Gasteiger partial charge in [0.2, 0.25) is 5.91 Å². The molecule has 0 aliphatic heterocycles. The van der Waals surface area contributed by atoms with Crippen molar-refractivity contribution < 1.29 is 18.7 Å². The number of benzene rings is 2. The molecule has 1 unspecified atom stereocenters. The molecule has 0 radical (unpaired) electrons. The number of hydrogen-bond donors (Lipinski definition) is 2. The predicted molar refractivity (Wildman–Crippen MR) is 75.7 cm³/mol. The number of aryl methyl sites for hydroxylation is 1. The average molecular weight is 291 g/mol. The first-order valence-electron chi connectivity index (χ1n) is 6.45. The third kappa shape index (κ3) is 4.10. The van der Waals surface area contributed by atoms with Gasteiger partial charge in [0.1, 0.15) is 11.6 Å². The number of aliphatic hydroxyl groups excluding tert-OH is 1. The minimum absolute atomic E-state index is 0.237. The zero-order valence-electron chi connectivity index (χ0n) is 11.4. The number of rotatable bonds is 4. The third-order valence-electron chi connectivity index (χ3n) is 3.09. The van der Waals surface area contributed by atoms with Gasteiger partial charge >= 0.3 is 0 Å². The number of carbonyl (C=O) groups excluding carboxylic acids is 1. The van der Waals surface area contributed by atoms with Crippen molar-refractivity contribution in [1.82, 2.24) is 0 Å². The van der Waals surface area contributed by atoms with E-state index in [0.717, 1.165) is 0 Å². The van der Waals surface area contributed by atoms with Crippen molar-refractivity contribution in [3.05, 3.63) is 65.2 Å². The zero-order chi connectivity index (χ0) is 15.4. The predicted octanol–water partition coefficient (Wildman–Crippen LogP) is 3.34. The molecule has 0 heterocycles. The van der Waals surface area contributed by atoms with Crippen LogP contribution in [-0.2, 0) is 4.79 Å². The van der Waals surface area contributed by atoms with Gasteiger partial charge in [-0.2, -0.15) is 0 Å². The largest absolute Gasteiger partial charge is 0.388 e. The van der Waals surface area contributed by atoms with Crippen LogP contribution in [0.4, 0.5) is 14.5 Å². The Labute approximate surface area is 121 Å². The molecule has 0 aromatic heterocycles. The van der Waals surface area contributed by atoms with Gasteiger partial charge < -0.3 is 10.4 Å². The van der Waals surface area contributed by atoms with E-state index in [1.54, 1.807) is 13.0 Å². The number of anilines is 1. The molecule has 2 N–H and O–H groups in total. The number of hydrogen-bond acceptors (Lipinski definition) is 2. The highest BCUT2D eigenvalue weighted by Gasteiger charge is 2.14. The third-order valence-corrected chi connectivity index (χ3v) is 3.09. The molecule has 3 nitrogen and oxygen atoms in total. The van der Waals surface area contributed by atoms with Gasteiger partial charge in [-0.3, -0.25) is 4.79 Å². The molecule has 0 aliphatic carbocycles. The first-order valence-corrected chi connectivity index (χ1v) is 6.45. The Balaban J connectivity index is 2.03. The maximum absolute atomic E-state index is 13.1. The van der Waals surface area contributed by atoms with Gasteiger partial charge in [0.15, 0.2) is 0 Å². The van der Waals surface area contributed by atoms with E-state index in [-0.39, 0.29) is 6.42 Å². The fourth-order valence-electron chi connectivity index (χ4n) is 1.94. The van der Waals surface area contributed by atoms with Crippen LogP contribution in [-0.4, -0.2) is 11.0 Å². The summed E-state index contributed by atoms with van der Waals surface area (Å²) in [5.74, 6) is -1.41. The van der Waals surface area contributed by atoms with Crippen LogP contribution in [0.15, 0.2) is 42.5 Å². The van der Waals surface area contributed by atoms with Gasteiger partial charge in [0.05, 0.1) is 12.5 Å². The summed E-state index contributed by atoms with van der Waals surface area (Å²) in [6.45, 7) is 1.73. The Morgan fingerprint density at radius 2 is 1.90 bits per heavy atom. The van der Waals surface area contributed by atoms with Crippen molar-refractivity contribution in [2.75, 3.05) is 5.32 Å². The summed E-state index contributed by atoms with van der Waals surface area (Å²) in [7, 11) is 0. The molecule has 1 amide bonds. The van der Waals surface area contributed by atoms with Crippen LogP contribution < -0.4 is 5.32 Å². The number of halogens is 2. The van der Waals surface area contributed by atoms with Crippen LogP contribution in [0.1, 0.15) is 23.7 Å². The number of aliphatic hydroxyl groups is 1. The molecule has 0 aliphatic rings. The molecule has 2 rings (SSSR count). The summed E-state index contributed by atoms with van der Waals surface area (Å²) >= 11 is 0. The van der Waals surface area contributed by atoms with E-state index in [9.17, 15) is 18.7 Å². The number of amides is 1. The lowest BCUT2D eigenvalue weighted by molar-refractivity contribution is -0.118. The SMILES string of the molecule is Cc1ccc(F)cc1NC(=O)CC(O)c1cccc(F)c1. The molecule has 21 heavy (non-hydrogen) atoms. The first kappa shape index (κ1) is 15.1. The monoisotopic (exact) mass is 291 g/mol. The topological polar surface area (TPSA) is 49.3 Å². The van der Waals surface area contributed by atoms with Crippen LogP contribution in [0.2, 0.25) is 0 Å². The first-order chi connectivity index (χ1) is 9.95. The van der Waals surface area contributed by atoms with Crippen LogP contribution in [0.25, 0.3) is 0 Å². The quantitative estimate of drug-likeness (QED) is 0.907. The summed E-state index contributed by atoms with van der Waals surface area (Å²) in [5.41, 5.74) is 1.39. The number of carbonyl (C=O) groups is 1. The molecule has 0 spiro atoms. The summed E-state index contributed by atoms with van der Waals surface area (Å²) in [5, 5.41) is 12.4. The van der Waals surface area contributed by atoms with Gasteiger partial charge in [-0.15, -0.1) is 0 Å².